The molecule has 3 heteroatoms. The summed E-state index contributed by atoms with van der Waals surface area (Å²) in [4.78, 5) is 26.0. The summed E-state index contributed by atoms with van der Waals surface area (Å²) in [5.41, 5.74) is 1.22. The van der Waals surface area contributed by atoms with Crippen LogP contribution in [0.3, 0.4) is 0 Å². The maximum Gasteiger partial charge on any atom is 0.237 e. The maximum atomic E-state index is 12.4. The standard InChI is InChI=1S/C15H19NO2/c1-4-7-11(17)10-15(2)12-8-5-6-9-13(12)16(3)14(15)18/h5-6,8-9H,4,7,10H2,1-3H3. The van der Waals surface area contributed by atoms with Gasteiger partial charge < -0.3 is 4.90 Å². The molecule has 0 radical (unpaired) electrons. The molecule has 1 heterocycles. The smallest absolute Gasteiger partial charge is 0.237 e. The van der Waals surface area contributed by atoms with Gasteiger partial charge in [0.1, 0.15) is 5.78 Å². The van der Waals surface area contributed by atoms with E-state index >= 15 is 0 Å². The molecule has 3 nitrogen and oxygen atoms in total. The lowest BCUT2D eigenvalue weighted by atomic mass is 9.79. The van der Waals surface area contributed by atoms with Crippen LogP contribution in [0.1, 0.15) is 38.7 Å². The van der Waals surface area contributed by atoms with Crippen LogP contribution in [0.15, 0.2) is 24.3 Å². The zero-order chi connectivity index (χ0) is 13.3. The first-order chi connectivity index (χ1) is 8.50. The summed E-state index contributed by atoms with van der Waals surface area (Å²) in [5, 5.41) is 0. The number of Topliss-reactive ketones (excluding diaryl/α,β-unsaturated/α-hetero) is 1. The number of carbonyl (C=O) groups excluding carboxylic acids is 2. The Morgan fingerprint density at radius 3 is 2.67 bits per heavy atom. The third-order valence-corrected chi connectivity index (χ3v) is 3.72. The third kappa shape index (κ3) is 1.84. The summed E-state index contributed by atoms with van der Waals surface area (Å²) < 4.78 is 0. The van der Waals surface area contributed by atoms with E-state index in [9.17, 15) is 9.59 Å². The Morgan fingerprint density at radius 1 is 1.33 bits per heavy atom. The Kier molecular flexibility index (Phi) is 3.24. The zero-order valence-electron chi connectivity index (χ0n) is 11.2. The van der Waals surface area contributed by atoms with Gasteiger partial charge in [-0.25, -0.2) is 0 Å². The second-order valence-corrected chi connectivity index (χ2v) is 5.18. The van der Waals surface area contributed by atoms with E-state index in [1.807, 2.05) is 38.1 Å². The molecule has 0 aliphatic carbocycles. The van der Waals surface area contributed by atoms with E-state index in [2.05, 4.69) is 0 Å². The summed E-state index contributed by atoms with van der Waals surface area (Å²) in [5.74, 6) is 0.187. The number of amides is 1. The van der Waals surface area contributed by atoms with Gasteiger partial charge in [-0.1, -0.05) is 25.1 Å². The number of benzene rings is 1. The molecule has 0 N–H and O–H groups in total. The van der Waals surface area contributed by atoms with Crippen LogP contribution in [0.4, 0.5) is 5.69 Å². The third-order valence-electron chi connectivity index (χ3n) is 3.72. The Hall–Kier alpha value is -1.64. The van der Waals surface area contributed by atoms with E-state index in [4.69, 9.17) is 0 Å². The average Bonchev–Trinajstić information content (AvgIpc) is 2.53. The fourth-order valence-electron chi connectivity index (χ4n) is 2.76. The van der Waals surface area contributed by atoms with Crippen LogP contribution in [-0.4, -0.2) is 18.7 Å². The molecule has 1 atom stereocenters. The average molecular weight is 245 g/mol. The number of ketones is 1. The van der Waals surface area contributed by atoms with Crippen LogP contribution in [0, 0.1) is 0 Å². The van der Waals surface area contributed by atoms with Gasteiger partial charge in [-0.15, -0.1) is 0 Å². The van der Waals surface area contributed by atoms with E-state index in [-0.39, 0.29) is 11.7 Å². The van der Waals surface area contributed by atoms with Crippen molar-refractivity contribution in [1.82, 2.24) is 0 Å². The molecule has 1 unspecified atom stereocenters. The minimum Gasteiger partial charge on any atom is -0.314 e. The molecule has 0 bridgehead atoms. The topological polar surface area (TPSA) is 37.4 Å². The highest BCUT2D eigenvalue weighted by molar-refractivity contribution is 6.09. The predicted molar refractivity (Wildman–Crippen MR) is 71.7 cm³/mol. The van der Waals surface area contributed by atoms with E-state index in [1.165, 1.54) is 0 Å². The predicted octanol–water partition coefficient (Wildman–Crippen LogP) is 2.68. The van der Waals surface area contributed by atoms with Crippen molar-refractivity contribution in [3.63, 3.8) is 0 Å². The molecule has 1 aromatic rings. The second kappa shape index (κ2) is 4.56. The van der Waals surface area contributed by atoms with Crippen molar-refractivity contribution in [2.45, 2.75) is 38.5 Å². The summed E-state index contributed by atoms with van der Waals surface area (Å²) in [6, 6.07) is 7.73. The quantitative estimate of drug-likeness (QED) is 0.817. The van der Waals surface area contributed by atoms with Crippen molar-refractivity contribution in [2.75, 3.05) is 11.9 Å². The van der Waals surface area contributed by atoms with Gasteiger partial charge in [0.25, 0.3) is 0 Å². The van der Waals surface area contributed by atoms with E-state index < -0.39 is 5.41 Å². The van der Waals surface area contributed by atoms with Crippen LogP contribution < -0.4 is 4.90 Å². The molecule has 18 heavy (non-hydrogen) atoms. The number of anilines is 1. The Balaban J connectivity index is 2.38. The van der Waals surface area contributed by atoms with Crippen LogP contribution in [0.25, 0.3) is 0 Å². The van der Waals surface area contributed by atoms with Gasteiger partial charge in [0, 0.05) is 25.6 Å². The number of para-hydroxylation sites is 1. The first-order valence-corrected chi connectivity index (χ1v) is 6.40. The lowest BCUT2D eigenvalue weighted by Gasteiger charge is -2.22. The van der Waals surface area contributed by atoms with Crippen molar-refractivity contribution < 1.29 is 9.59 Å². The summed E-state index contributed by atoms with van der Waals surface area (Å²) in [6.07, 6.45) is 1.69. The number of likely N-dealkylation sites (N-methyl/N-ethyl adjacent to an activating group) is 1. The largest absolute Gasteiger partial charge is 0.314 e. The molecular formula is C15H19NO2. The molecule has 1 aromatic carbocycles. The molecule has 0 spiro atoms. The fourth-order valence-corrected chi connectivity index (χ4v) is 2.76. The van der Waals surface area contributed by atoms with Crippen molar-refractivity contribution in [3.8, 4) is 0 Å². The minimum absolute atomic E-state index is 0.0214. The lowest BCUT2D eigenvalue weighted by molar-refractivity contribution is -0.128. The van der Waals surface area contributed by atoms with E-state index in [0.717, 1.165) is 17.7 Å². The maximum absolute atomic E-state index is 12.4. The van der Waals surface area contributed by atoms with Crippen LogP contribution in [0.2, 0.25) is 0 Å². The second-order valence-electron chi connectivity index (χ2n) is 5.18. The van der Waals surface area contributed by atoms with Crippen molar-refractivity contribution in [1.29, 1.82) is 0 Å². The van der Waals surface area contributed by atoms with Crippen LogP contribution >= 0.6 is 0 Å². The molecule has 1 aliphatic heterocycles. The number of hydrogen-bond acceptors (Lipinski definition) is 2. The number of fused-ring (bicyclic) bond motifs is 1. The zero-order valence-corrected chi connectivity index (χ0v) is 11.2. The van der Waals surface area contributed by atoms with Crippen LogP contribution in [-0.2, 0) is 15.0 Å². The highest BCUT2D eigenvalue weighted by Crippen LogP contribution is 2.43. The van der Waals surface area contributed by atoms with Gasteiger partial charge in [-0.3, -0.25) is 9.59 Å². The number of rotatable bonds is 4. The molecule has 0 saturated carbocycles. The molecule has 1 aliphatic rings. The molecule has 96 valence electrons. The van der Waals surface area contributed by atoms with Gasteiger partial charge in [0.2, 0.25) is 5.91 Å². The van der Waals surface area contributed by atoms with Gasteiger partial charge in [-0.05, 0) is 25.0 Å². The van der Waals surface area contributed by atoms with Gasteiger partial charge >= 0.3 is 0 Å². The first-order valence-electron chi connectivity index (χ1n) is 6.40. The SMILES string of the molecule is CCCC(=O)CC1(C)C(=O)N(C)c2ccccc21. The number of hydrogen-bond donors (Lipinski definition) is 0. The molecule has 0 aromatic heterocycles. The van der Waals surface area contributed by atoms with Crippen molar-refractivity contribution >= 4 is 17.4 Å². The lowest BCUT2D eigenvalue weighted by Crippen LogP contribution is -2.37. The summed E-state index contributed by atoms with van der Waals surface area (Å²) in [6.45, 7) is 3.86. The normalized spacial score (nSPS) is 22.2. The van der Waals surface area contributed by atoms with Crippen LogP contribution in [0.5, 0.6) is 0 Å². The fraction of sp³-hybridized carbons (Fsp3) is 0.467. The molecule has 0 fully saturated rings. The molecule has 1 amide bonds. The number of nitrogens with zero attached hydrogens (tertiary/aromatic N) is 1. The minimum atomic E-state index is -0.683. The van der Waals surface area contributed by atoms with Gasteiger partial charge in [0.15, 0.2) is 0 Å². The van der Waals surface area contributed by atoms with Crippen molar-refractivity contribution in [2.24, 2.45) is 0 Å². The summed E-state index contributed by atoms with van der Waals surface area (Å²) in [7, 11) is 1.77. The molecular weight excluding hydrogens is 226 g/mol. The highest BCUT2D eigenvalue weighted by atomic mass is 16.2. The van der Waals surface area contributed by atoms with Crippen molar-refractivity contribution in [3.05, 3.63) is 29.8 Å². The number of carbonyl (C=O) groups is 2. The molecule has 2 rings (SSSR count). The molecule has 0 saturated heterocycles. The Bertz CT molecular complexity index is 495. The van der Waals surface area contributed by atoms with E-state index in [0.29, 0.717) is 12.8 Å². The Labute approximate surface area is 108 Å². The monoisotopic (exact) mass is 245 g/mol. The van der Waals surface area contributed by atoms with E-state index in [1.54, 1.807) is 11.9 Å². The Morgan fingerprint density at radius 2 is 2.00 bits per heavy atom. The summed E-state index contributed by atoms with van der Waals surface area (Å²) >= 11 is 0. The highest BCUT2D eigenvalue weighted by Gasteiger charge is 2.46. The first kappa shape index (κ1) is 12.8. The van der Waals surface area contributed by atoms with Gasteiger partial charge in [-0.2, -0.15) is 0 Å². The van der Waals surface area contributed by atoms with Gasteiger partial charge in [0.05, 0.1) is 5.41 Å².